The molecular formula is C70H54N2. The van der Waals surface area contributed by atoms with Crippen LogP contribution in [0.4, 0.5) is 34.1 Å². The van der Waals surface area contributed by atoms with Crippen LogP contribution in [0.2, 0.25) is 0 Å². The lowest BCUT2D eigenvalue weighted by Gasteiger charge is -2.31. The van der Waals surface area contributed by atoms with Gasteiger partial charge >= 0.3 is 0 Å². The predicted molar refractivity (Wildman–Crippen MR) is 309 cm³/mol. The number of rotatable bonds is 10. The molecule has 12 aromatic rings. The predicted octanol–water partition coefficient (Wildman–Crippen LogP) is 20.0. The Balaban J connectivity index is 1.03. The first-order valence-corrected chi connectivity index (χ1v) is 25.0. The summed E-state index contributed by atoms with van der Waals surface area (Å²) >= 11 is 0. The van der Waals surface area contributed by atoms with Gasteiger partial charge in [0.15, 0.2) is 0 Å². The highest BCUT2D eigenvalue weighted by atomic mass is 15.2. The van der Waals surface area contributed by atoms with Crippen LogP contribution in [0, 0.1) is 27.7 Å². The van der Waals surface area contributed by atoms with E-state index in [-0.39, 0.29) is 0 Å². The summed E-state index contributed by atoms with van der Waals surface area (Å²) in [7, 11) is 0. The van der Waals surface area contributed by atoms with Gasteiger partial charge in [0.2, 0.25) is 0 Å². The fraction of sp³-hybridized carbons (Fsp3) is 0.0571. The summed E-state index contributed by atoms with van der Waals surface area (Å²) in [5.41, 5.74) is 21.3. The van der Waals surface area contributed by atoms with E-state index in [2.05, 4.69) is 292 Å². The van der Waals surface area contributed by atoms with Gasteiger partial charge in [0, 0.05) is 33.5 Å². The highest BCUT2D eigenvalue weighted by Gasteiger charge is 2.24. The van der Waals surface area contributed by atoms with Crippen molar-refractivity contribution in [3.8, 4) is 44.5 Å². The molecule has 0 N–H and O–H groups in total. The highest BCUT2D eigenvalue weighted by Crippen LogP contribution is 2.49. The zero-order chi connectivity index (χ0) is 48.7. The maximum atomic E-state index is 2.47. The van der Waals surface area contributed by atoms with Gasteiger partial charge in [-0.25, -0.2) is 0 Å². The van der Waals surface area contributed by atoms with E-state index in [0.717, 1.165) is 34.1 Å². The number of anilines is 6. The zero-order valence-corrected chi connectivity index (χ0v) is 41.1. The molecule has 0 unspecified atom stereocenters. The molecule has 0 amide bonds. The van der Waals surface area contributed by atoms with Crippen molar-refractivity contribution >= 4 is 66.4 Å². The van der Waals surface area contributed by atoms with E-state index >= 15 is 0 Å². The third kappa shape index (κ3) is 8.27. The van der Waals surface area contributed by atoms with E-state index in [9.17, 15) is 0 Å². The molecule has 72 heavy (non-hydrogen) atoms. The van der Waals surface area contributed by atoms with Gasteiger partial charge in [-0.2, -0.15) is 0 Å². The molecule has 0 atom stereocenters. The lowest BCUT2D eigenvalue weighted by Crippen LogP contribution is -2.13. The molecule has 0 fully saturated rings. The smallest absolute Gasteiger partial charge is 0.0546 e. The Kier molecular flexibility index (Phi) is 11.5. The Labute approximate surface area is 423 Å². The van der Waals surface area contributed by atoms with Crippen LogP contribution < -0.4 is 9.80 Å². The monoisotopic (exact) mass is 922 g/mol. The summed E-state index contributed by atoms with van der Waals surface area (Å²) in [6, 6.07) is 93.7. The van der Waals surface area contributed by atoms with Crippen LogP contribution in [0.5, 0.6) is 0 Å². The molecule has 2 nitrogen and oxygen atoms in total. The zero-order valence-electron chi connectivity index (χ0n) is 41.1. The standard InChI is InChI=1S/C70H54N2/c1-47-29-39-67(49(3)41-47)71(59-35-31-53(32-36-59)57-23-15-21-55(43-57)51-17-7-5-8-18-51)69-45-65-62-26-12-14-28-64(62)70(46-66(65)61-25-11-13-27-63(61)69)72(68-40-30-48(2)42-50(68)4)60-37-33-54(34-38-60)58-24-16-22-56(44-58)52-19-9-6-10-20-52/h5-46H,1-4H3. The SMILES string of the molecule is Cc1ccc(N(c2ccc(-c3cccc(-c4ccccc4)c3)cc2)c2cc3c4ccccc4c(N(c4ccc(-c5cccc(-c6ccccc6)c5)cc4)c4ccc(C)cc4C)cc3c3ccccc23)c(C)c1. The molecule has 0 spiro atoms. The molecule has 0 bridgehead atoms. The largest absolute Gasteiger partial charge is 0.310 e. The van der Waals surface area contributed by atoms with Crippen LogP contribution >= 0.6 is 0 Å². The summed E-state index contributed by atoms with van der Waals surface area (Å²) in [6.07, 6.45) is 0. The number of benzene rings is 12. The van der Waals surface area contributed by atoms with Crippen molar-refractivity contribution in [1.82, 2.24) is 0 Å². The Morgan fingerprint density at radius 2 is 0.528 bits per heavy atom. The van der Waals surface area contributed by atoms with Crippen LogP contribution in [-0.2, 0) is 0 Å². The molecule has 2 heteroatoms. The van der Waals surface area contributed by atoms with E-state index in [4.69, 9.17) is 0 Å². The quantitative estimate of drug-likeness (QED) is 0.126. The van der Waals surface area contributed by atoms with Crippen LogP contribution in [-0.4, -0.2) is 0 Å². The van der Waals surface area contributed by atoms with E-state index in [1.807, 2.05) is 0 Å². The second kappa shape index (κ2) is 18.7. The first kappa shape index (κ1) is 44.2. The van der Waals surface area contributed by atoms with Crippen molar-refractivity contribution in [2.45, 2.75) is 27.7 Å². The summed E-state index contributed by atoms with van der Waals surface area (Å²) < 4.78 is 0. The fourth-order valence-electron chi connectivity index (χ4n) is 10.8. The number of hydrogen-bond acceptors (Lipinski definition) is 2. The summed E-state index contributed by atoms with van der Waals surface area (Å²) in [6.45, 7) is 8.82. The van der Waals surface area contributed by atoms with E-state index in [1.54, 1.807) is 0 Å². The summed E-state index contributed by atoms with van der Waals surface area (Å²) in [4.78, 5) is 4.95. The van der Waals surface area contributed by atoms with Crippen molar-refractivity contribution in [3.05, 3.63) is 277 Å². The Morgan fingerprint density at radius 3 is 0.889 bits per heavy atom. The number of nitrogens with zero attached hydrogens (tertiary/aromatic N) is 2. The van der Waals surface area contributed by atoms with Crippen molar-refractivity contribution < 1.29 is 0 Å². The van der Waals surface area contributed by atoms with Gasteiger partial charge < -0.3 is 9.80 Å². The van der Waals surface area contributed by atoms with Crippen LogP contribution in [0.3, 0.4) is 0 Å². The molecule has 344 valence electrons. The molecule has 0 saturated carbocycles. The molecule has 12 rings (SSSR count). The minimum absolute atomic E-state index is 1.10. The van der Waals surface area contributed by atoms with Gasteiger partial charge in [-0.05, 0) is 166 Å². The van der Waals surface area contributed by atoms with Crippen molar-refractivity contribution in [2.75, 3.05) is 9.80 Å². The number of aryl methyl sites for hydroxylation is 4. The first-order valence-electron chi connectivity index (χ1n) is 25.0. The van der Waals surface area contributed by atoms with E-state index < -0.39 is 0 Å². The average Bonchev–Trinajstić information content (AvgIpc) is 3.43. The molecule has 0 saturated heterocycles. The molecule has 0 heterocycles. The third-order valence-corrected chi connectivity index (χ3v) is 14.4. The van der Waals surface area contributed by atoms with Crippen LogP contribution in [0.15, 0.2) is 255 Å². The lowest BCUT2D eigenvalue weighted by molar-refractivity contribution is 1.25. The fourth-order valence-corrected chi connectivity index (χ4v) is 10.8. The van der Waals surface area contributed by atoms with Crippen molar-refractivity contribution in [3.63, 3.8) is 0 Å². The van der Waals surface area contributed by atoms with Crippen LogP contribution in [0.1, 0.15) is 22.3 Å². The summed E-state index contributed by atoms with van der Waals surface area (Å²) in [5.74, 6) is 0. The third-order valence-electron chi connectivity index (χ3n) is 14.4. The molecule has 0 aromatic heterocycles. The van der Waals surface area contributed by atoms with Crippen LogP contribution in [0.25, 0.3) is 76.8 Å². The van der Waals surface area contributed by atoms with Gasteiger partial charge in [-0.3, -0.25) is 0 Å². The highest BCUT2D eigenvalue weighted by molar-refractivity contribution is 6.24. The Morgan fingerprint density at radius 1 is 0.208 bits per heavy atom. The summed E-state index contributed by atoms with van der Waals surface area (Å²) in [5, 5.41) is 7.20. The second-order valence-electron chi connectivity index (χ2n) is 19.2. The van der Waals surface area contributed by atoms with Crippen molar-refractivity contribution in [1.29, 1.82) is 0 Å². The first-order chi connectivity index (χ1) is 35.3. The Hall–Kier alpha value is -8.98. The molecule has 12 aromatic carbocycles. The van der Waals surface area contributed by atoms with Gasteiger partial charge in [-0.15, -0.1) is 0 Å². The van der Waals surface area contributed by atoms with E-state index in [0.29, 0.717) is 0 Å². The molecule has 0 aliphatic heterocycles. The molecular weight excluding hydrogens is 869 g/mol. The lowest BCUT2D eigenvalue weighted by atomic mass is 9.92. The molecule has 0 radical (unpaired) electrons. The van der Waals surface area contributed by atoms with Gasteiger partial charge in [0.05, 0.1) is 11.4 Å². The maximum Gasteiger partial charge on any atom is 0.0546 e. The van der Waals surface area contributed by atoms with Crippen molar-refractivity contribution in [2.24, 2.45) is 0 Å². The number of hydrogen-bond donors (Lipinski definition) is 0. The Bertz CT molecular complexity index is 3690. The van der Waals surface area contributed by atoms with Gasteiger partial charge in [-0.1, -0.05) is 205 Å². The minimum atomic E-state index is 1.10. The molecule has 0 aliphatic rings. The minimum Gasteiger partial charge on any atom is -0.310 e. The van der Waals surface area contributed by atoms with Gasteiger partial charge in [0.25, 0.3) is 0 Å². The molecule has 0 aliphatic carbocycles. The van der Waals surface area contributed by atoms with Gasteiger partial charge in [0.1, 0.15) is 0 Å². The number of fused-ring (bicyclic) bond motifs is 5. The average molecular weight is 923 g/mol. The maximum absolute atomic E-state index is 2.47. The second-order valence-corrected chi connectivity index (χ2v) is 19.2. The normalized spacial score (nSPS) is 11.3. The topological polar surface area (TPSA) is 6.48 Å². The van der Waals surface area contributed by atoms with E-state index in [1.165, 1.54) is 99.1 Å².